The van der Waals surface area contributed by atoms with E-state index in [1.165, 1.54) is 0 Å². The molecule has 1 N–H and O–H groups in total. The minimum atomic E-state index is -4.04. The van der Waals surface area contributed by atoms with Gasteiger partial charge in [0.1, 0.15) is 0 Å². The molecular weight excluding hydrogens is 219 g/mol. The van der Waals surface area contributed by atoms with Gasteiger partial charge in [0, 0.05) is 6.04 Å². The van der Waals surface area contributed by atoms with Gasteiger partial charge < -0.3 is 10.0 Å². The summed E-state index contributed by atoms with van der Waals surface area (Å²) in [5.41, 5.74) is 0. The third kappa shape index (κ3) is 3.94. The minimum absolute atomic E-state index is 0.161. The first-order valence-electron chi connectivity index (χ1n) is 5.79. The summed E-state index contributed by atoms with van der Waals surface area (Å²) in [6.07, 6.45) is -3.44. The van der Waals surface area contributed by atoms with Crippen molar-refractivity contribution in [2.75, 3.05) is 13.1 Å². The molecule has 2 atom stereocenters. The molecule has 0 aromatic carbocycles. The Balaban J connectivity index is 2.37. The number of aliphatic hydroxyl groups is 1. The lowest BCUT2D eigenvalue weighted by Gasteiger charge is -2.37. The Morgan fingerprint density at radius 1 is 1.25 bits per heavy atom. The maximum Gasteiger partial charge on any atom is 0.391 e. The Bertz CT molecular complexity index is 210. The summed E-state index contributed by atoms with van der Waals surface area (Å²) in [6, 6.07) is 0.161. The van der Waals surface area contributed by atoms with Gasteiger partial charge >= 0.3 is 6.18 Å². The van der Waals surface area contributed by atoms with E-state index in [0.717, 1.165) is 0 Å². The van der Waals surface area contributed by atoms with Crippen LogP contribution in [0.25, 0.3) is 0 Å². The lowest BCUT2D eigenvalue weighted by molar-refractivity contribution is -0.186. The van der Waals surface area contributed by atoms with E-state index < -0.39 is 18.2 Å². The fraction of sp³-hybridized carbons (Fsp3) is 1.00. The van der Waals surface area contributed by atoms with E-state index in [1.807, 2.05) is 11.8 Å². The van der Waals surface area contributed by atoms with Crippen LogP contribution in [-0.4, -0.2) is 41.4 Å². The highest BCUT2D eigenvalue weighted by Crippen LogP contribution is 2.34. The number of nitrogens with zero attached hydrogens (tertiary/aromatic N) is 1. The van der Waals surface area contributed by atoms with E-state index in [4.69, 9.17) is 0 Å². The molecule has 1 aliphatic heterocycles. The number of likely N-dealkylation sites (tertiary alicyclic amines) is 1. The number of rotatable bonds is 3. The van der Waals surface area contributed by atoms with Crippen LogP contribution < -0.4 is 0 Å². The van der Waals surface area contributed by atoms with Crippen LogP contribution in [0, 0.1) is 5.92 Å². The molecule has 0 bridgehead atoms. The van der Waals surface area contributed by atoms with E-state index in [9.17, 15) is 18.3 Å². The number of piperidine rings is 1. The van der Waals surface area contributed by atoms with E-state index >= 15 is 0 Å². The molecule has 2 unspecified atom stereocenters. The number of aliphatic hydroxyl groups excluding tert-OH is 1. The minimum Gasteiger partial charge on any atom is -0.393 e. The van der Waals surface area contributed by atoms with Crippen molar-refractivity contribution in [3.63, 3.8) is 0 Å². The Morgan fingerprint density at radius 2 is 1.75 bits per heavy atom. The zero-order valence-electron chi connectivity index (χ0n) is 9.80. The predicted molar refractivity (Wildman–Crippen MR) is 56.1 cm³/mol. The van der Waals surface area contributed by atoms with Gasteiger partial charge in [-0.15, -0.1) is 0 Å². The van der Waals surface area contributed by atoms with Gasteiger partial charge in [-0.05, 0) is 46.2 Å². The van der Waals surface area contributed by atoms with Gasteiger partial charge in [-0.3, -0.25) is 0 Å². The lowest BCUT2D eigenvalue weighted by atomic mass is 9.94. The van der Waals surface area contributed by atoms with Crippen molar-refractivity contribution in [2.45, 2.75) is 51.4 Å². The average Bonchev–Trinajstić information content (AvgIpc) is 2.15. The van der Waals surface area contributed by atoms with Crippen LogP contribution in [0.3, 0.4) is 0 Å². The largest absolute Gasteiger partial charge is 0.393 e. The molecule has 2 nitrogen and oxygen atoms in total. The molecule has 96 valence electrons. The number of halogens is 3. The maximum absolute atomic E-state index is 12.4. The number of hydrogen-bond donors (Lipinski definition) is 1. The van der Waals surface area contributed by atoms with E-state index in [2.05, 4.69) is 0 Å². The summed E-state index contributed by atoms with van der Waals surface area (Å²) in [4.78, 5) is 2.04. The van der Waals surface area contributed by atoms with Crippen LogP contribution in [-0.2, 0) is 0 Å². The third-order valence-corrected chi connectivity index (χ3v) is 3.30. The third-order valence-electron chi connectivity index (χ3n) is 3.30. The van der Waals surface area contributed by atoms with Crippen molar-refractivity contribution < 1.29 is 18.3 Å². The first kappa shape index (κ1) is 13.8. The summed E-state index contributed by atoms with van der Waals surface area (Å²) in [6.45, 7) is 4.63. The molecule has 0 aromatic rings. The molecule has 0 saturated carbocycles. The van der Waals surface area contributed by atoms with Crippen LogP contribution in [0.2, 0.25) is 0 Å². The highest BCUT2D eigenvalue weighted by atomic mass is 19.4. The van der Waals surface area contributed by atoms with Crippen LogP contribution in [0.4, 0.5) is 13.2 Å². The fourth-order valence-electron chi connectivity index (χ4n) is 2.31. The average molecular weight is 239 g/mol. The molecule has 1 rings (SSSR count). The molecule has 0 aromatic heterocycles. The van der Waals surface area contributed by atoms with E-state index in [0.29, 0.717) is 19.5 Å². The monoisotopic (exact) mass is 239 g/mol. The lowest BCUT2D eigenvalue weighted by Crippen LogP contribution is -2.44. The van der Waals surface area contributed by atoms with Gasteiger partial charge in [-0.2, -0.15) is 13.2 Å². The number of alkyl halides is 3. The van der Waals surface area contributed by atoms with Crippen molar-refractivity contribution in [1.29, 1.82) is 0 Å². The topological polar surface area (TPSA) is 23.5 Å². The van der Waals surface area contributed by atoms with Crippen LogP contribution in [0.5, 0.6) is 0 Å². The summed E-state index contributed by atoms with van der Waals surface area (Å²) in [7, 11) is 0. The Kier molecular flexibility index (Phi) is 4.62. The summed E-state index contributed by atoms with van der Waals surface area (Å²) in [5.74, 6) is -1.14. The van der Waals surface area contributed by atoms with Gasteiger partial charge in [-0.1, -0.05) is 0 Å². The molecular formula is C11H20F3NO. The van der Waals surface area contributed by atoms with Gasteiger partial charge in [-0.25, -0.2) is 0 Å². The molecule has 0 aliphatic carbocycles. The SMILES string of the molecule is CC(O)CC(C)N1CCC(C(F)(F)F)CC1. The Morgan fingerprint density at radius 3 is 2.12 bits per heavy atom. The van der Waals surface area contributed by atoms with Crippen molar-refractivity contribution in [3.05, 3.63) is 0 Å². The van der Waals surface area contributed by atoms with Gasteiger partial charge in [0.15, 0.2) is 0 Å². The van der Waals surface area contributed by atoms with Gasteiger partial charge in [0.25, 0.3) is 0 Å². The summed E-state index contributed by atoms with van der Waals surface area (Å²) in [5, 5.41) is 9.23. The first-order valence-corrected chi connectivity index (χ1v) is 5.79. The normalized spacial score (nSPS) is 24.4. The van der Waals surface area contributed by atoms with Gasteiger partial charge in [0.2, 0.25) is 0 Å². The number of hydrogen-bond acceptors (Lipinski definition) is 2. The molecule has 1 saturated heterocycles. The van der Waals surface area contributed by atoms with E-state index in [1.54, 1.807) is 6.92 Å². The Labute approximate surface area is 94.4 Å². The maximum atomic E-state index is 12.4. The molecule has 16 heavy (non-hydrogen) atoms. The first-order chi connectivity index (χ1) is 7.30. The second-order valence-corrected chi connectivity index (χ2v) is 4.79. The Hall–Kier alpha value is -0.290. The summed E-state index contributed by atoms with van der Waals surface area (Å²) >= 11 is 0. The molecule has 0 amide bonds. The molecule has 1 fully saturated rings. The predicted octanol–water partition coefficient (Wildman–Crippen LogP) is 2.42. The molecule has 1 aliphatic rings. The highest BCUT2D eigenvalue weighted by molar-refractivity contribution is 4.80. The van der Waals surface area contributed by atoms with Crippen molar-refractivity contribution in [3.8, 4) is 0 Å². The standard InChI is InChI=1S/C11H20F3NO/c1-8(7-9(2)16)15-5-3-10(4-6-15)11(12,13)14/h8-10,16H,3-7H2,1-2H3. The highest BCUT2D eigenvalue weighted by Gasteiger charge is 2.41. The molecule has 0 spiro atoms. The van der Waals surface area contributed by atoms with Crippen molar-refractivity contribution >= 4 is 0 Å². The zero-order chi connectivity index (χ0) is 12.3. The van der Waals surface area contributed by atoms with Crippen molar-refractivity contribution in [2.24, 2.45) is 5.92 Å². The second-order valence-electron chi connectivity index (χ2n) is 4.79. The molecule has 5 heteroatoms. The smallest absolute Gasteiger partial charge is 0.391 e. The van der Waals surface area contributed by atoms with Gasteiger partial charge in [0.05, 0.1) is 12.0 Å². The van der Waals surface area contributed by atoms with Crippen LogP contribution in [0.1, 0.15) is 33.1 Å². The molecule has 0 radical (unpaired) electrons. The summed E-state index contributed by atoms with van der Waals surface area (Å²) < 4.78 is 37.3. The molecule has 1 heterocycles. The quantitative estimate of drug-likeness (QED) is 0.817. The van der Waals surface area contributed by atoms with E-state index in [-0.39, 0.29) is 18.9 Å². The fourth-order valence-corrected chi connectivity index (χ4v) is 2.31. The zero-order valence-corrected chi connectivity index (χ0v) is 9.80. The van der Waals surface area contributed by atoms with Crippen molar-refractivity contribution in [1.82, 2.24) is 4.90 Å². The van der Waals surface area contributed by atoms with Crippen LogP contribution >= 0.6 is 0 Å². The second kappa shape index (κ2) is 5.36. The van der Waals surface area contributed by atoms with Crippen LogP contribution in [0.15, 0.2) is 0 Å².